The summed E-state index contributed by atoms with van der Waals surface area (Å²) in [5, 5.41) is 34.1. The monoisotopic (exact) mass is 579 g/mol. The zero-order valence-corrected chi connectivity index (χ0v) is 23.0. The minimum Gasteiger partial charge on any atom is -0.542 e. The summed E-state index contributed by atoms with van der Waals surface area (Å²) in [6.45, 7) is 6.37. The highest BCUT2D eigenvalue weighted by Gasteiger charge is 2.29. The molecule has 228 valence electrons. The first-order valence-electron chi connectivity index (χ1n) is 12.9. The lowest BCUT2D eigenvalue weighted by atomic mass is 9.93. The molecular weight excluding hydrogens is 539 g/mol. The van der Waals surface area contributed by atoms with E-state index in [1.807, 2.05) is 13.0 Å². The lowest BCUT2D eigenvalue weighted by Gasteiger charge is -2.26. The van der Waals surface area contributed by atoms with E-state index < -0.39 is 42.2 Å². The van der Waals surface area contributed by atoms with Crippen molar-refractivity contribution in [3.63, 3.8) is 0 Å². The zero-order valence-electron chi connectivity index (χ0n) is 23.0. The van der Waals surface area contributed by atoms with Gasteiger partial charge in [-0.15, -0.1) is 0 Å². The Kier molecular flexibility index (Phi) is 17.2. The van der Waals surface area contributed by atoms with Crippen molar-refractivity contribution in [3.05, 3.63) is 29.8 Å². The van der Waals surface area contributed by atoms with Gasteiger partial charge in [-0.2, -0.15) is 13.2 Å². The van der Waals surface area contributed by atoms with Crippen molar-refractivity contribution in [3.8, 4) is 5.75 Å². The second-order valence-corrected chi connectivity index (χ2v) is 9.35. The van der Waals surface area contributed by atoms with Crippen molar-refractivity contribution in [2.45, 2.75) is 83.7 Å². The van der Waals surface area contributed by atoms with Crippen LogP contribution in [0.1, 0.15) is 58.4 Å². The molecule has 0 aliphatic carbocycles. The fourth-order valence-corrected chi connectivity index (χ4v) is 3.23. The summed E-state index contributed by atoms with van der Waals surface area (Å²) < 4.78 is 37.2. The maximum absolute atomic E-state index is 12.3. The van der Waals surface area contributed by atoms with E-state index in [1.165, 1.54) is 0 Å². The largest absolute Gasteiger partial charge is 0.542 e. The van der Waals surface area contributed by atoms with Gasteiger partial charge in [-0.05, 0) is 50.3 Å². The van der Waals surface area contributed by atoms with Crippen LogP contribution in [0.4, 0.5) is 13.2 Å². The number of alkyl halides is 3. The summed E-state index contributed by atoms with van der Waals surface area (Å²) >= 11 is 0. The van der Waals surface area contributed by atoms with Gasteiger partial charge in [0.15, 0.2) is 6.04 Å². The van der Waals surface area contributed by atoms with Crippen LogP contribution >= 0.6 is 0 Å². The number of unbranched alkanes of at least 4 members (excludes halogenated alkanes) is 1. The highest BCUT2D eigenvalue weighted by Crippen LogP contribution is 2.18. The van der Waals surface area contributed by atoms with E-state index in [0.29, 0.717) is 25.1 Å². The molecule has 1 aromatic rings. The number of quaternary nitrogens is 1. The van der Waals surface area contributed by atoms with Gasteiger partial charge in [-0.25, -0.2) is 0 Å². The first-order valence-corrected chi connectivity index (χ1v) is 12.9. The molecule has 0 aliphatic rings. The summed E-state index contributed by atoms with van der Waals surface area (Å²) in [5.41, 5.74) is 4.58. The number of carboxylic acids is 2. The molecule has 0 saturated heterocycles. The molecule has 0 aromatic heterocycles. The number of rotatable bonds is 16. The van der Waals surface area contributed by atoms with E-state index in [1.54, 1.807) is 32.0 Å². The van der Waals surface area contributed by atoms with Crippen LogP contribution in [0.25, 0.3) is 0 Å². The van der Waals surface area contributed by atoms with Crippen LogP contribution in [0.5, 0.6) is 5.75 Å². The molecule has 0 bridgehead atoms. The predicted molar refractivity (Wildman–Crippen MR) is 136 cm³/mol. The second kappa shape index (κ2) is 18.8. The molecule has 11 nitrogen and oxygen atoms in total. The van der Waals surface area contributed by atoms with Crippen molar-refractivity contribution in [2.75, 3.05) is 13.2 Å². The third kappa shape index (κ3) is 16.5. The number of aliphatic hydroxyl groups is 1. The quantitative estimate of drug-likeness (QED) is 0.171. The molecule has 40 heavy (non-hydrogen) atoms. The van der Waals surface area contributed by atoms with Crippen LogP contribution in [0, 0.1) is 5.92 Å². The lowest BCUT2D eigenvalue weighted by Crippen LogP contribution is -2.67. The van der Waals surface area contributed by atoms with Crippen LogP contribution in [0.15, 0.2) is 24.3 Å². The highest BCUT2D eigenvalue weighted by molar-refractivity contribution is 5.80. The number of carboxylic acid groups (broad SMARTS) is 2. The smallest absolute Gasteiger partial charge is 0.430 e. The van der Waals surface area contributed by atoms with Gasteiger partial charge in [0.25, 0.3) is 5.91 Å². The van der Waals surface area contributed by atoms with Gasteiger partial charge < -0.3 is 41.2 Å². The Morgan fingerprint density at radius 1 is 1.12 bits per heavy atom. The number of halogens is 3. The van der Waals surface area contributed by atoms with Gasteiger partial charge in [0.1, 0.15) is 11.7 Å². The molecule has 0 radical (unpaired) electrons. The van der Waals surface area contributed by atoms with Crippen molar-refractivity contribution in [1.29, 1.82) is 0 Å². The van der Waals surface area contributed by atoms with Crippen LogP contribution in [-0.4, -0.2) is 71.5 Å². The summed E-state index contributed by atoms with van der Waals surface area (Å²) in [6.07, 6.45) is -3.26. The fourth-order valence-electron chi connectivity index (χ4n) is 3.23. The summed E-state index contributed by atoms with van der Waals surface area (Å²) in [5.74, 6) is -4.08. The Morgan fingerprint density at radius 3 is 2.27 bits per heavy atom. The standard InChI is InChI=1S/C24H39N3O6.C2HF3O2/c1-4-5-11-26-23(31)16(2)13-21(28)20(27-24(32)17(3)25)15-18-8-6-9-19(14-18)33-12-7-10-22(29)30;3-2(4,5)1(6)7/h6,8-9,14,16-17,20-21,28H,4-5,7,10-13,15,25H2,1-3H3,(H,26,31)(H,27,32)(H,29,30);(H,6,7)/t16-,17+,20+,21+;/m1./s1. The lowest BCUT2D eigenvalue weighted by molar-refractivity contribution is -0.398. The Bertz CT molecular complexity index is 944. The number of hydrogen-bond acceptors (Lipinski definition) is 7. The number of carbonyl (C=O) groups excluding carboxylic acids is 3. The molecule has 0 unspecified atom stereocenters. The Morgan fingerprint density at radius 2 is 1.75 bits per heavy atom. The number of aliphatic hydroxyl groups excluding tert-OH is 1. The minimum absolute atomic E-state index is 0.0352. The maximum Gasteiger partial charge on any atom is 0.430 e. The molecule has 1 rings (SSSR count). The van der Waals surface area contributed by atoms with Crippen molar-refractivity contribution >= 4 is 23.8 Å². The third-order valence-corrected chi connectivity index (χ3v) is 5.50. The Labute approximate surface area is 231 Å². The molecule has 1 aromatic carbocycles. The van der Waals surface area contributed by atoms with Crippen LogP contribution in [-0.2, 0) is 25.6 Å². The molecule has 0 fully saturated rings. The van der Waals surface area contributed by atoms with Gasteiger partial charge >= 0.3 is 12.1 Å². The van der Waals surface area contributed by atoms with E-state index in [0.717, 1.165) is 18.4 Å². The second-order valence-electron chi connectivity index (χ2n) is 9.35. The molecule has 14 heteroatoms. The van der Waals surface area contributed by atoms with Crippen LogP contribution < -0.4 is 26.2 Å². The number of benzene rings is 1. The first kappa shape index (κ1) is 36.6. The Hall–Kier alpha value is -3.39. The average Bonchev–Trinajstić information content (AvgIpc) is 2.86. The molecular formula is C26H40F3N3O8. The minimum atomic E-state index is -5.19. The number of hydrogen-bond donors (Lipinski definition) is 5. The van der Waals surface area contributed by atoms with Gasteiger partial charge in [0.2, 0.25) is 5.91 Å². The summed E-state index contributed by atoms with van der Waals surface area (Å²) in [4.78, 5) is 44.0. The fraction of sp³-hybridized carbons (Fsp3) is 0.615. The third-order valence-electron chi connectivity index (χ3n) is 5.50. The number of ether oxygens (including phenoxy) is 1. The predicted octanol–water partition coefficient (Wildman–Crippen LogP) is 0.190. The van der Waals surface area contributed by atoms with Crippen molar-refractivity contribution in [2.24, 2.45) is 5.92 Å². The van der Waals surface area contributed by atoms with Crippen LogP contribution in [0.2, 0.25) is 0 Å². The van der Waals surface area contributed by atoms with E-state index in [9.17, 15) is 32.7 Å². The Balaban J connectivity index is 0.00000191. The number of carbonyl (C=O) groups is 4. The molecule has 0 spiro atoms. The SMILES string of the molecule is CCCCNC(=O)[C@H](C)C[C@H](O)[C@H](Cc1cccc(OCCCC(=O)O)c1)NC(=O)[C@H](C)[NH3+].O=C([O-])C(F)(F)F. The van der Waals surface area contributed by atoms with E-state index in [2.05, 4.69) is 16.4 Å². The zero-order chi connectivity index (χ0) is 30.9. The molecule has 0 aliphatic heterocycles. The van der Waals surface area contributed by atoms with Crippen LogP contribution in [0.3, 0.4) is 0 Å². The molecule has 0 saturated carbocycles. The van der Waals surface area contributed by atoms with Gasteiger partial charge in [0.05, 0.1) is 18.8 Å². The maximum atomic E-state index is 12.3. The number of aliphatic carboxylic acids is 2. The molecule has 0 heterocycles. The normalized spacial score (nSPS) is 14.0. The molecule has 2 amide bonds. The number of amides is 2. The van der Waals surface area contributed by atoms with Crippen molar-refractivity contribution < 1.29 is 58.1 Å². The first-order chi connectivity index (χ1) is 18.6. The van der Waals surface area contributed by atoms with Gasteiger partial charge in [-0.3, -0.25) is 14.4 Å². The average molecular weight is 580 g/mol. The van der Waals surface area contributed by atoms with E-state index in [-0.39, 0.29) is 31.3 Å². The summed E-state index contributed by atoms with van der Waals surface area (Å²) in [6, 6.07) is 6.16. The van der Waals surface area contributed by atoms with E-state index >= 15 is 0 Å². The topological polar surface area (TPSA) is 193 Å². The summed E-state index contributed by atoms with van der Waals surface area (Å²) in [7, 11) is 0. The number of nitrogens with one attached hydrogen (secondary N) is 2. The molecule has 4 atom stereocenters. The van der Waals surface area contributed by atoms with Gasteiger partial charge in [0, 0.05) is 18.9 Å². The van der Waals surface area contributed by atoms with E-state index in [4.69, 9.17) is 19.7 Å². The highest BCUT2D eigenvalue weighted by atomic mass is 19.4. The van der Waals surface area contributed by atoms with Gasteiger partial charge in [-0.1, -0.05) is 32.4 Å². The van der Waals surface area contributed by atoms with Crippen molar-refractivity contribution in [1.82, 2.24) is 10.6 Å². The molecule has 7 N–H and O–H groups in total.